The Bertz CT molecular complexity index is 828. The van der Waals surface area contributed by atoms with Crippen LogP contribution in [0.5, 0.6) is 11.5 Å². The number of aromatic nitrogens is 1. The van der Waals surface area contributed by atoms with Crippen LogP contribution in [0.4, 0.5) is 5.69 Å². The van der Waals surface area contributed by atoms with Crippen LogP contribution >= 0.6 is 0 Å². The Labute approximate surface area is 137 Å². The number of aromatic carboxylic acids is 1. The summed E-state index contributed by atoms with van der Waals surface area (Å²) in [6.45, 7) is -0.333. The number of rotatable bonds is 6. The van der Waals surface area contributed by atoms with Crippen molar-refractivity contribution < 1.29 is 24.2 Å². The second-order valence-corrected chi connectivity index (χ2v) is 4.80. The number of carbonyl (C=O) groups excluding carboxylic acids is 1. The van der Waals surface area contributed by atoms with Gasteiger partial charge in [0.25, 0.3) is 5.56 Å². The van der Waals surface area contributed by atoms with Crippen LogP contribution in [0, 0.1) is 0 Å². The Kier molecular flexibility index (Phi) is 5.20. The Hall–Kier alpha value is -3.29. The van der Waals surface area contributed by atoms with Gasteiger partial charge >= 0.3 is 5.97 Å². The Morgan fingerprint density at radius 2 is 1.92 bits per heavy atom. The third kappa shape index (κ3) is 3.92. The van der Waals surface area contributed by atoms with Gasteiger partial charge in [-0.1, -0.05) is 0 Å². The molecule has 0 unspecified atom stereocenters. The number of pyridine rings is 1. The van der Waals surface area contributed by atoms with Gasteiger partial charge < -0.3 is 24.5 Å². The SMILES string of the molecule is COc1ccc(OC)c(NC(=O)Cn2cc(C(=O)O)ccc2=O)c1. The highest BCUT2D eigenvalue weighted by atomic mass is 16.5. The van der Waals surface area contributed by atoms with Crippen LogP contribution in [0.3, 0.4) is 0 Å². The van der Waals surface area contributed by atoms with E-state index in [-0.39, 0.29) is 12.1 Å². The number of carbonyl (C=O) groups is 2. The molecular weight excluding hydrogens is 316 g/mol. The van der Waals surface area contributed by atoms with Crippen molar-refractivity contribution in [3.63, 3.8) is 0 Å². The number of ether oxygens (including phenoxy) is 2. The van der Waals surface area contributed by atoms with Crippen molar-refractivity contribution in [2.24, 2.45) is 0 Å². The van der Waals surface area contributed by atoms with Crippen molar-refractivity contribution in [3.05, 3.63) is 52.4 Å². The largest absolute Gasteiger partial charge is 0.497 e. The van der Waals surface area contributed by atoms with E-state index in [1.165, 1.54) is 20.3 Å². The minimum atomic E-state index is -1.18. The summed E-state index contributed by atoms with van der Waals surface area (Å²) in [5, 5.41) is 11.6. The number of hydrogen-bond acceptors (Lipinski definition) is 5. The maximum atomic E-state index is 12.2. The van der Waals surface area contributed by atoms with Gasteiger partial charge in [0.1, 0.15) is 18.0 Å². The number of hydrogen-bond donors (Lipinski definition) is 2. The fraction of sp³-hybridized carbons (Fsp3) is 0.188. The number of methoxy groups -OCH3 is 2. The molecule has 2 N–H and O–H groups in total. The van der Waals surface area contributed by atoms with Crippen molar-refractivity contribution in [3.8, 4) is 11.5 Å². The maximum absolute atomic E-state index is 12.2. The van der Waals surface area contributed by atoms with E-state index >= 15 is 0 Å². The Balaban J connectivity index is 2.21. The van der Waals surface area contributed by atoms with Crippen molar-refractivity contribution in [1.29, 1.82) is 0 Å². The average molecular weight is 332 g/mol. The van der Waals surface area contributed by atoms with E-state index in [2.05, 4.69) is 5.32 Å². The van der Waals surface area contributed by atoms with E-state index in [9.17, 15) is 14.4 Å². The molecule has 0 fully saturated rings. The number of amides is 1. The highest BCUT2D eigenvalue weighted by molar-refractivity contribution is 5.92. The van der Waals surface area contributed by atoms with Gasteiger partial charge in [-0.25, -0.2) is 4.79 Å². The maximum Gasteiger partial charge on any atom is 0.337 e. The van der Waals surface area contributed by atoms with Crippen LogP contribution in [0.25, 0.3) is 0 Å². The fourth-order valence-electron chi connectivity index (χ4n) is 2.04. The Morgan fingerprint density at radius 3 is 2.54 bits per heavy atom. The summed E-state index contributed by atoms with van der Waals surface area (Å²) in [5.74, 6) is -0.739. The fourth-order valence-corrected chi connectivity index (χ4v) is 2.04. The van der Waals surface area contributed by atoms with E-state index in [4.69, 9.17) is 14.6 Å². The summed E-state index contributed by atoms with van der Waals surface area (Å²) in [6, 6.07) is 7.17. The molecule has 0 aliphatic rings. The van der Waals surface area contributed by atoms with E-state index in [1.54, 1.807) is 18.2 Å². The summed E-state index contributed by atoms with van der Waals surface area (Å²) in [5.41, 5.74) is -0.182. The van der Waals surface area contributed by atoms with E-state index in [1.807, 2.05) is 0 Å². The molecule has 0 atom stereocenters. The zero-order chi connectivity index (χ0) is 17.7. The minimum Gasteiger partial charge on any atom is -0.497 e. The van der Waals surface area contributed by atoms with E-state index in [0.29, 0.717) is 17.2 Å². The van der Waals surface area contributed by atoms with E-state index in [0.717, 1.165) is 16.8 Å². The number of anilines is 1. The van der Waals surface area contributed by atoms with Crippen molar-refractivity contribution >= 4 is 17.6 Å². The molecule has 1 aromatic heterocycles. The predicted octanol–water partition coefficient (Wildman–Crippen LogP) is 1.20. The molecule has 0 aliphatic carbocycles. The van der Waals surface area contributed by atoms with Crippen LogP contribution in [0.1, 0.15) is 10.4 Å². The lowest BCUT2D eigenvalue weighted by Crippen LogP contribution is -2.27. The summed E-state index contributed by atoms with van der Waals surface area (Å²) >= 11 is 0. The van der Waals surface area contributed by atoms with Gasteiger partial charge in [0.2, 0.25) is 5.91 Å². The first-order chi connectivity index (χ1) is 11.4. The van der Waals surface area contributed by atoms with Gasteiger partial charge in [0.15, 0.2) is 0 Å². The van der Waals surface area contributed by atoms with Crippen molar-refractivity contribution in [2.45, 2.75) is 6.54 Å². The monoisotopic (exact) mass is 332 g/mol. The molecular formula is C16H16N2O6. The smallest absolute Gasteiger partial charge is 0.337 e. The molecule has 2 aromatic rings. The molecule has 24 heavy (non-hydrogen) atoms. The molecule has 2 rings (SSSR count). The first kappa shape index (κ1) is 17.1. The third-order valence-electron chi connectivity index (χ3n) is 3.23. The molecule has 1 heterocycles. The Morgan fingerprint density at radius 1 is 1.17 bits per heavy atom. The average Bonchev–Trinajstić information content (AvgIpc) is 2.56. The molecule has 1 amide bonds. The van der Waals surface area contributed by atoms with Gasteiger partial charge in [0, 0.05) is 18.3 Å². The molecule has 0 saturated carbocycles. The van der Waals surface area contributed by atoms with Crippen LogP contribution in [-0.2, 0) is 11.3 Å². The van der Waals surface area contributed by atoms with Gasteiger partial charge in [-0.05, 0) is 18.2 Å². The molecule has 0 saturated heterocycles. The van der Waals surface area contributed by atoms with Crippen LogP contribution in [0.15, 0.2) is 41.3 Å². The highest BCUT2D eigenvalue weighted by Gasteiger charge is 2.12. The predicted molar refractivity (Wildman–Crippen MR) is 85.8 cm³/mol. The summed E-state index contributed by atoms with van der Waals surface area (Å²) < 4.78 is 11.3. The topological polar surface area (TPSA) is 107 Å². The third-order valence-corrected chi connectivity index (χ3v) is 3.23. The molecule has 0 radical (unpaired) electrons. The molecule has 8 nitrogen and oxygen atoms in total. The van der Waals surface area contributed by atoms with E-state index < -0.39 is 17.4 Å². The number of nitrogens with one attached hydrogen (secondary N) is 1. The standard InChI is InChI=1S/C16H16N2O6/c1-23-11-4-5-13(24-2)12(7-11)17-14(19)9-18-8-10(16(21)22)3-6-15(18)20/h3-8H,9H2,1-2H3,(H,17,19)(H,21,22). The summed E-state index contributed by atoms with van der Waals surface area (Å²) in [6.07, 6.45) is 1.12. The lowest BCUT2D eigenvalue weighted by Gasteiger charge is -2.12. The second-order valence-electron chi connectivity index (χ2n) is 4.80. The van der Waals surface area contributed by atoms with Crippen molar-refractivity contribution in [1.82, 2.24) is 4.57 Å². The lowest BCUT2D eigenvalue weighted by atomic mass is 10.2. The number of carboxylic acid groups (broad SMARTS) is 1. The number of nitrogens with zero attached hydrogens (tertiary/aromatic N) is 1. The number of carboxylic acids is 1. The minimum absolute atomic E-state index is 0.0821. The zero-order valence-electron chi connectivity index (χ0n) is 13.1. The molecule has 8 heteroatoms. The van der Waals surface area contributed by atoms with Gasteiger partial charge in [0.05, 0.1) is 25.5 Å². The zero-order valence-corrected chi connectivity index (χ0v) is 13.1. The lowest BCUT2D eigenvalue weighted by molar-refractivity contribution is -0.116. The van der Waals surface area contributed by atoms with Gasteiger partial charge in [-0.3, -0.25) is 9.59 Å². The quantitative estimate of drug-likeness (QED) is 0.823. The second kappa shape index (κ2) is 7.32. The highest BCUT2D eigenvalue weighted by Crippen LogP contribution is 2.28. The molecule has 0 bridgehead atoms. The first-order valence-corrected chi connectivity index (χ1v) is 6.90. The molecule has 0 aliphatic heterocycles. The normalized spacial score (nSPS) is 10.1. The molecule has 1 aromatic carbocycles. The van der Waals surface area contributed by atoms with Crippen LogP contribution in [0.2, 0.25) is 0 Å². The van der Waals surface area contributed by atoms with Gasteiger partial charge in [-0.15, -0.1) is 0 Å². The molecule has 0 spiro atoms. The molecule has 126 valence electrons. The summed E-state index contributed by atoms with van der Waals surface area (Å²) in [4.78, 5) is 34.9. The van der Waals surface area contributed by atoms with Crippen LogP contribution in [-0.4, -0.2) is 35.8 Å². The first-order valence-electron chi connectivity index (χ1n) is 6.90. The van der Waals surface area contributed by atoms with Crippen LogP contribution < -0.4 is 20.3 Å². The summed E-state index contributed by atoms with van der Waals surface area (Å²) in [7, 11) is 2.95. The van der Waals surface area contributed by atoms with Crippen molar-refractivity contribution in [2.75, 3.05) is 19.5 Å². The number of benzene rings is 1. The van der Waals surface area contributed by atoms with Gasteiger partial charge in [-0.2, -0.15) is 0 Å².